The van der Waals surface area contributed by atoms with E-state index in [0.717, 1.165) is 42.6 Å². The molecule has 0 spiro atoms. The predicted octanol–water partition coefficient (Wildman–Crippen LogP) is 3.27. The maximum atomic E-state index is 13.0. The number of carbonyl (C=O) groups excluding carboxylic acids is 2. The minimum absolute atomic E-state index is 0.0185. The molecule has 1 unspecified atom stereocenters. The number of nitrogens with one attached hydrogen (secondary N) is 1. The monoisotopic (exact) mass is 350 g/mol. The van der Waals surface area contributed by atoms with Crippen LogP contribution in [0.1, 0.15) is 39.9 Å². The number of likely N-dealkylation sites (tertiary alicyclic amines) is 1. The summed E-state index contributed by atoms with van der Waals surface area (Å²) >= 11 is 0. The Kier molecular flexibility index (Phi) is 5.71. The van der Waals surface area contributed by atoms with Gasteiger partial charge in [0.1, 0.15) is 6.04 Å². The van der Waals surface area contributed by atoms with Gasteiger partial charge in [0.25, 0.3) is 5.91 Å². The largest absolute Gasteiger partial charge is 0.341 e. The van der Waals surface area contributed by atoms with Gasteiger partial charge < -0.3 is 10.2 Å². The maximum Gasteiger partial charge on any atom is 0.252 e. The molecule has 136 valence electrons. The highest BCUT2D eigenvalue weighted by Crippen LogP contribution is 2.15. The molecule has 2 amide bonds. The lowest BCUT2D eigenvalue weighted by Crippen LogP contribution is -2.49. The second-order valence-electron chi connectivity index (χ2n) is 7.00. The number of benzene rings is 2. The van der Waals surface area contributed by atoms with E-state index >= 15 is 0 Å². The van der Waals surface area contributed by atoms with Gasteiger partial charge in [-0.25, -0.2) is 0 Å². The number of amides is 2. The molecule has 0 aromatic heterocycles. The van der Waals surface area contributed by atoms with Crippen molar-refractivity contribution in [1.29, 1.82) is 0 Å². The van der Waals surface area contributed by atoms with Crippen molar-refractivity contribution in [3.05, 3.63) is 70.8 Å². The first-order valence-electron chi connectivity index (χ1n) is 9.26. The van der Waals surface area contributed by atoms with Gasteiger partial charge in [-0.15, -0.1) is 0 Å². The van der Waals surface area contributed by atoms with Crippen molar-refractivity contribution in [2.45, 2.75) is 39.2 Å². The topological polar surface area (TPSA) is 49.4 Å². The summed E-state index contributed by atoms with van der Waals surface area (Å²) in [4.78, 5) is 27.7. The maximum absolute atomic E-state index is 13.0. The van der Waals surface area contributed by atoms with Crippen LogP contribution >= 0.6 is 0 Å². The molecule has 0 radical (unpaired) electrons. The summed E-state index contributed by atoms with van der Waals surface area (Å²) in [5.41, 5.74) is 3.71. The Hall–Kier alpha value is -2.62. The molecule has 1 aliphatic heterocycles. The average molecular weight is 350 g/mol. The zero-order valence-corrected chi connectivity index (χ0v) is 15.5. The van der Waals surface area contributed by atoms with Crippen molar-refractivity contribution >= 4 is 11.8 Å². The van der Waals surface area contributed by atoms with Crippen LogP contribution in [0.5, 0.6) is 0 Å². The average Bonchev–Trinajstić information content (AvgIpc) is 3.18. The van der Waals surface area contributed by atoms with E-state index in [1.807, 2.05) is 67.3 Å². The molecule has 1 saturated heterocycles. The standard InChI is InChI=1S/C22H26N2O2/c1-16-9-8-12-19(17(16)2)21(25)23-20(15-18-10-4-3-5-11-18)22(26)24-13-6-7-14-24/h3-5,8-12,20H,6-7,13-15H2,1-2H3,(H,23,25). The lowest BCUT2D eigenvalue weighted by Gasteiger charge is -2.24. The molecule has 1 N–H and O–H groups in total. The van der Waals surface area contributed by atoms with Crippen LogP contribution < -0.4 is 5.32 Å². The molecule has 26 heavy (non-hydrogen) atoms. The molecule has 0 bridgehead atoms. The predicted molar refractivity (Wildman–Crippen MR) is 103 cm³/mol. The van der Waals surface area contributed by atoms with E-state index in [0.29, 0.717) is 12.0 Å². The molecule has 4 nitrogen and oxygen atoms in total. The summed E-state index contributed by atoms with van der Waals surface area (Å²) in [5.74, 6) is -0.162. The highest BCUT2D eigenvalue weighted by Gasteiger charge is 2.28. The van der Waals surface area contributed by atoms with E-state index in [1.165, 1.54) is 0 Å². The van der Waals surface area contributed by atoms with E-state index in [-0.39, 0.29) is 11.8 Å². The molecule has 3 rings (SSSR count). The minimum atomic E-state index is -0.539. The highest BCUT2D eigenvalue weighted by atomic mass is 16.2. The van der Waals surface area contributed by atoms with Crippen LogP contribution in [0.15, 0.2) is 48.5 Å². The lowest BCUT2D eigenvalue weighted by atomic mass is 10.0. The number of hydrogen-bond donors (Lipinski definition) is 1. The Bertz CT molecular complexity index is 780. The number of nitrogens with zero attached hydrogens (tertiary/aromatic N) is 1. The molecule has 1 heterocycles. The molecular formula is C22H26N2O2. The van der Waals surface area contributed by atoms with Crippen molar-refractivity contribution in [2.24, 2.45) is 0 Å². The van der Waals surface area contributed by atoms with Crippen molar-refractivity contribution < 1.29 is 9.59 Å². The molecule has 1 fully saturated rings. The van der Waals surface area contributed by atoms with E-state index in [9.17, 15) is 9.59 Å². The third-order valence-corrected chi connectivity index (χ3v) is 5.15. The fourth-order valence-electron chi connectivity index (χ4n) is 3.44. The fraction of sp³-hybridized carbons (Fsp3) is 0.364. The third kappa shape index (κ3) is 4.13. The molecule has 0 saturated carbocycles. The van der Waals surface area contributed by atoms with Gasteiger partial charge in [-0.1, -0.05) is 42.5 Å². The molecule has 0 aliphatic carbocycles. The summed E-state index contributed by atoms with van der Waals surface area (Å²) in [6.07, 6.45) is 2.58. The van der Waals surface area contributed by atoms with Crippen molar-refractivity contribution in [3.63, 3.8) is 0 Å². The van der Waals surface area contributed by atoms with E-state index < -0.39 is 6.04 Å². The smallest absolute Gasteiger partial charge is 0.252 e. The molecule has 2 aromatic carbocycles. The molecular weight excluding hydrogens is 324 g/mol. The van der Waals surface area contributed by atoms with Crippen molar-refractivity contribution in [3.8, 4) is 0 Å². The van der Waals surface area contributed by atoms with Gasteiger partial charge in [0, 0.05) is 25.1 Å². The van der Waals surface area contributed by atoms with Gasteiger partial charge >= 0.3 is 0 Å². The summed E-state index contributed by atoms with van der Waals surface area (Å²) in [6, 6.07) is 15.0. The quantitative estimate of drug-likeness (QED) is 0.900. The minimum Gasteiger partial charge on any atom is -0.341 e. The molecule has 2 aromatic rings. The Morgan fingerprint density at radius 2 is 1.69 bits per heavy atom. The Morgan fingerprint density at radius 1 is 1.00 bits per heavy atom. The van der Waals surface area contributed by atoms with Gasteiger partial charge in [0.05, 0.1) is 0 Å². The van der Waals surface area contributed by atoms with E-state index in [2.05, 4.69) is 5.32 Å². The zero-order chi connectivity index (χ0) is 18.5. The van der Waals surface area contributed by atoms with Crippen LogP contribution in [0.4, 0.5) is 0 Å². The highest BCUT2D eigenvalue weighted by molar-refractivity contribution is 5.99. The van der Waals surface area contributed by atoms with Gasteiger partial charge in [0.15, 0.2) is 0 Å². The first-order valence-corrected chi connectivity index (χ1v) is 9.26. The Labute approximate surface area is 155 Å². The van der Waals surface area contributed by atoms with Gasteiger partial charge in [0.2, 0.25) is 5.91 Å². The van der Waals surface area contributed by atoms with Gasteiger partial charge in [-0.3, -0.25) is 9.59 Å². The number of rotatable bonds is 5. The molecule has 1 aliphatic rings. The number of hydrogen-bond acceptors (Lipinski definition) is 2. The first-order chi connectivity index (χ1) is 12.6. The van der Waals surface area contributed by atoms with E-state index in [4.69, 9.17) is 0 Å². The van der Waals surface area contributed by atoms with Crippen LogP contribution in [-0.2, 0) is 11.2 Å². The summed E-state index contributed by atoms with van der Waals surface area (Å²) in [7, 11) is 0. The van der Waals surface area contributed by atoms with Gasteiger partial charge in [-0.05, 0) is 49.4 Å². The second kappa shape index (κ2) is 8.17. The summed E-state index contributed by atoms with van der Waals surface area (Å²) in [5, 5.41) is 3.00. The third-order valence-electron chi connectivity index (χ3n) is 5.15. The molecule has 1 atom stereocenters. The van der Waals surface area contributed by atoms with Crippen molar-refractivity contribution in [1.82, 2.24) is 10.2 Å². The second-order valence-corrected chi connectivity index (χ2v) is 7.00. The van der Waals surface area contributed by atoms with Crippen LogP contribution in [0, 0.1) is 13.8 Å². The van der Waals surface area contributed by atoms with Crippen molar-refractivity contribution in [2.75, 3.05) is 13.1 Å². The molecule has 4 heteroatoms. The number of aryl methyl sites for hydroxylation is 1. The van der Waals surface area contributed by atoms with E-state index in [1.54, 1.807) is 0 Å². The van der Waals surface area contributed by atoms with Crippen LogP contribution in [0.25, 0.3) is 0 Å². The SMILES string of the molecule is Cc1cccc(C(=O)NC(Cc2ccccc2)C(=O)N2CCCC2)c1C. The Balaban J connectivity index is 1.81. The lowest BCUT2D eigenvalue weighted by molar-refractivity contribution is -0.132. The Morgan fingerprint density at radius 3 is 2.38 bits per heavy atom. The number of carbonyl (C=O) groups is 2. The first kappa shape index (κ1) is 18.2. The van der Waals surface area contributed by atoms with Gasteiger partial charge in [-0.2, -0.15) is 0 Å². The fourth-order valence-corrected chi connectivity index (χ4v) is 3.44. The van der Waals surface area contributed by atoms with Crippen LogP contribution in [0.3, 0.4) is 0 Å². The zero-order valence-electron chi connectivity index (χ0n) is 15.5. The van der Waals surface area contributed by atoms with Crippen LogP contribution in [0.2, 0.25) is 0 Å². The summed E-state index contributed by atoms with van der Waals surface area (Å²) in [6.45, 7) is 5.49. The van der Waals surface area contributed by atoms with Crippen LogP contribution in [-0.4, -0.2) is 35.8 Å². The summed E-state index contributed by atoms with van der Waals surface area (Å²) < 4.78 is 0. The normalized spacial score (nSPS) is 14.9.